The predicted molar refractivity (Wildman–Crippen MR) is 60.4 cm³/mol. The Morgan fingerprint density at radius 1 is 1.56 bits per heavy atom. The molecule has 1 atom stereocenters. The summed E-state index contributed by atoms with van der Waals surface area (Å²) in [6.07, 6.45) is 5.74. The van der Waals surface area contributed by atoms with Gasteiger partial charge in [0.15, 0.2) is 5.65 Å². The molecule has 2 heterocycles. The van der Waals surface area contributed by atoms with E-state index in [1.54, 1.807) is 18.6 Å². The van der Waals surface area contributed by atoms with E-state index in [2.05, 4.69) is 22.3 Å². The lowest BCUT2D eigenvalue weighted by atomic mass is 10.2. The van der Waals surface area contributed by atoms with Crippen molar-refractivity contribution in [3.05, 3.63) is 29.1 Å². The van der Waals surface area contributed by atoms with E-state index in [1.807, 2.05) is 7.05 Å². The average Bonchev–Trinajstić information content (AvgIpc) is 2.64. The summed E-state index contributed by atoms with van der Waals surface area (Å²) in [6.45, 7) is 2.65. The van der Waals surface area contributed by atoms with Crippen LogP contribution in [0.25, 0.3) is 5.65 Å². The summed E-state index contributed by atoms with van der Waals surface area (Å²) in [7, 11) is 1.89. The van der Waals surface area contributed by atoms with E-state index in [0.29, 0.717) is 12.2 Å². The van der Waals surface area contributed by atoms with Gasteiger partial charge in [0.05, 0.1) is 12.7 Å². The number of nitrogens with one attached hydrogen (secondary N) is 1. The fourth-order valence-electron chi connectivity index (χ4n) is 1.63. The monoisotopic (exact) mass is 221 g/mol. The first-order valence-electron chi connectivity index (χ1n) is 5.32. The summed E-state index contributed by atoms with van der Waals surface area (Å²) in [5, 5.41) is 7.36. The lowest BCUT2D eigenvalue weighted by Gasteiger charge is -2.11. The Labute approximate surface area is 92.9 Å². The molecular weight excluding hydrogens is 206 g/mol. The van der Waals surface area contributed by atoms with E-state index in [1.165, 1.54) is 9.08 Å². The summed E-state index contributed by atoms with van der Waals surface area (Å²) in [6, 6.07) is 0.260. The fraction of sp³-hybridized carbons (Fsp3) is 0.500. The lowest BCUT2D eigenvalue weighted by molar-refractivity contribution is 0.435. The van der Waals surface area contributed by atoms with E-state index in [-0.39, 0.29) is 11.7 Å². The number of likely N-dealkylation sites (N-methyl/N-ethyl adjacent to an activating group) is 1. The smallest absolute Gasteiger partial charge is 0.315 e. The molecule has 2 aromatic rings. The highest BCUT2D eigenvalue weighted by Gasteiger charge is 2.10. The van der Waals surface area contributed by atoms with Crippen molar-refractivity contribution in [2.45, 2.75) is 25.9 Å². The highest BCUT2D eigenvalue weighted by molar-refractivity contribution is 5.31. The fourth-order valence-corrected chi connectivity index (χ4v) is 1.63. The van der Waals surface area contributed by atoms with Gasteiger partial charge in [-0.05, 0) is 13.5 Å². The molecule has 0 saturated heterocycles. The largest absolute Gasteiger partial charge is 0.350 e. The highest BCUT2D eigenvalue weighted by Crippen LogP contribution is 1.96. The molecule has 1 N–H and O–H groups in total. The number of hydrogen-bond donors (Lipinski definition) is 1. The van der Waals surface area contributed by atoms with Crippen molar-refractivity contribution < 1.29 is 0 Å². The molecule has 0 spiro atoms. The molecular formula is C10H15N5O. The van der Waals surface area contributed by atoms with Crippen molar-refractivity contribution in [2.75, 3.05) is 7.05 Å². The molecule has 86 valence electrons. The van der Waals surface area contributed by atoms with Crippen molar-refractivity contribution in [2.24, 2.45) is 0 Å². The number of nitrogens with zero attached hydrogens (tertiary/aromatic N) is 4. The maximum absolute atomic E-state index is 11.9. The third-order valence-corrected chi connectivity index (χ3v) is 2.68. The summed E-state index contributed by atoms with van der Waals surface area (Å²) in [5.41, 5.74) is 0.463. The van der Waals surface area contributed by atoms with Crippen LogP contribution >= 0.6 is 0 Å². The minimum Gasteiger partial charge on any atom is -0.315 e. The van der Waals surface area contributed by atoms with E-state index < -0.39 is 0 Å². The van der Waals surface area contributed by atoms with Gasteiger partial charge in [-0.2, -0.15) is 0 Å². The molecule has 6 heteroatoms. The van der Waals surface area contributed by atoms with Gasteiger partial charge >= 0.3 is 5.69 Å². The molecule has 0 bridgehead atoms. The Morgan fingerprint density at radius 2 is 2.38 bits per heavy atom. The molecule has 2 rings (SSSR count). The number of aromatic nitrogens is 4. The topological polar surface area (TPSA) is 64.2 Å². The second-order valence-corrected chi connectivity index (χ2v) is 3.66. The zero-order valence-corrected chi connectivity index (χ0v) is 9.42. The van der Waals surface area contributed by atoms with Crippen LogP contribution in [-0.4, -0.2) is 32.3 Å². The zero-order chi connectivity index (χ0) is 11.5. The first-order valence-corrected chi connectivity index (χ1v) is 5.32. The van der Waals surface area contributed by atoms with Gasteiger partial charge in [-0.25, -0.2) is 13.9 Å². The number of fused-ring (bicyclic) bond motifs is 1. The van der Waals surface area contributed by atoms with Gasteiger partial charge in [0.1, 0.15) is 0 Å². The quantitative estimate of drug-likeness (QED) is 0.782. The van der Waals surface area contributed by atoms with E-state index in [9.17, 15) is 4.79 Å². The molecule has 0 aliphatic rings. The molecule has 6 nitrogen and oxygen atoms in total. The molecule has 0 aromatic carbocycles. The Kier molecular flexibility index (Phi) is 3.00. The molecule has 2 aromatic heterocycles. The standard InChI is InChI=1S/C10H15N5O/c1-3-8(11-2)7-15-10(16)14-5-4-12-6-9(14)13-15/h4-6,8,11H,3,7H2,1-2H3. The van der Waals surface area contributed by atoms with E-state index in [4.69, 9.17) is 0 Å². The van der Waals surface area contributed by atoms with Crippen LogP contribution in [0.4, 0.5) is 0 Å². The van der Waals surface area contributed by atoms with Crippen molar-refractivity contribution in [3.63, 3.8) is 0 Å². The first kappa shape index (κ1) is 10.8. The highest BCUT2D eigenvalue weighted by atomic mass is 16.2. The first-order chi connectivity index (χ1) is 7.76. The predicted octanol–water partition coefficient (Wildman–Crippen LogP) is -0.111. The molecule has 0 amide bonds. The maximum Gasteiger partial charge on any atom is 0.350 e. The van der Waals surface area contributed by atoms with Gasteiger partial charge in [0.25, 0.3) is 0 Å². The number of hydrogen-bond acceptors (Lipinski definition) is 4. The molecule has 0 radical (unpaired) electrons. The normalized spacial score (nSPS) is 13.1. The third kappa shape index (κ3) is 1.83. The van der Waals surface area contributed by atoms with Crippen LogP contribution in [0, 0.1) is 0 Å². The molecule has 1 unspecified atom stereocenters. The van der Waals surface area contributed by atoms with Crippen LogP contribution in [0.1, 0.15) is 13.3 Å². The van der Waals surface area contributed by atoms with Crippen molar-refractivity contribution >= 4 is 5.65 Å². The van der Waals surface area contributed by atoms with Gasteiger partial charge < -0.3 is 5.32 Å². The minimum atomic E-state index is -0.119. The molecule has 0 aliphatic carbocycles. The van der Waals surface area contributed by atoms with Crippen LogP contribution in [0.3, 0.4) is 0 Å². The summed E-state index contributed by atoms with van der Waals surface area (Å²) < 4.78 is 2.97. The Balaban J connectivity index is 2.38. The maximum atomic E-state index is 11.9. The van der Waals surface area contributed by atoms with Crippen LogP contribution in [0.15, 0.2) is 23.4 Å². The second kappa shape index (κ2) is 4.44. The van der Waals surface area contributed by atoms with Crippen LogP contribution in [0.5, 0.6) is 0 Å². The van der Waals surface area contributed by atoms with Gasteiger partial charge in [-0.1, -0.05) is 6.92 Å². The number of rotatable bonds is 4. The summed E-state index contributed by atoms with van der Waals surface area (Å²) >= 11 is 0. The Bertz CT molecular complexity index is 525. The van der Waals surface area contributed by atoms with Crippen LogP contribution in [-0.2, 0) is 6.54 Å². The summed E-state index contributed by atoms with van der Waals surface area (Å²) in [5.74, 6) is 0. The van der Waals surface area contributed by atoms with Gasteiger partial charge in [0, 0.05) is 18.4 Å². The zero-order valence-electron chi connectivity index (χ0n) is 9.42. The molecule has 0 saturated carbocycles. The Morgan fingerprint density at radius 3 is 3.00 bits per heavy atom. The van der Waals surface area contributed by atoms with Crippen LogP contribution in [0.2, 0.25) is 0 Å². The minimum absolute atomic E-state index is 0.119. The van der Waals surface area contributed by atoms with Crippen molar-refractivity contribution in [1.82, 2.24) is 24.5 Å². The molecule has 0 fully saturated rings. The van der Waals surface area contributed by atoms with Gasteiger partial charge in [-0.15, -0.1) is 5.10 Å². The summed E-state index contributed by atoms with van der Waals surface area (Å²) in [4.78, 5) is 15.8. The molecule has 16 heavy (non-hydrogen) atoms. The van der Waals surface area contributed by atoms with E-state index >= 15 is 0 Å². The average molecular weight is 221 g/mol. The van der Waals surface area contributed by atoms with E-state index in [0.717, 1.165) is 6.42 Å². The second-order valence-electron chi connectivity index (χ2n) is 3.66. The SMILES string of the molecule is CCC(Cn1nc2cnccn2c1=O)NC. The third-order valence-electron chi connectivity index (χ3n) is 2.68. The lowest BCUT2D eigenvalue weighted by Crippen LogP contribution is -2.34. The molecule has 0 aliphatic heterocycles. The van der Waals surface area contributed by atoms with Crippen LogP contribution < -0.4 is 11.0 Å². The van der Waals surface area contributed by atoms with Crippen molar-refractivity contribution in [3.8, 4) is 0 Å². The van der Waals surface area contributed by atoms with Gasteiger partial charge in [-0.3, -0.25) is 4.98 Å². The van der Waals surface area contributed by atoms with Gasteiger partial charge in [0.2, 0.25) is 0 Å². The van der Waals surface area contributed by atoms with Crippen molar-refractivity contribution in [1.29, 1.82) is 0 Å². The Hall–Kier alpha value is -1.69.